The number of alkyl halides is 1. The van der Waals surface area contributed by atoms with Crippen molar-refractivity contribution in [3.8, 4) is 5.75 Å². The molecular formula is C14H10Cl3FO. The number of ether oxygens (including phenoxy) is 1. The minimum absolute atomic E-state index is 0.232. The first-order valence-corrected chi connectivity index (χ1v) is 6.79. The molecule has 19 heavy (non-hydrogen) atoms. The summed E-state index contributed by atoms with van der Waals surface area (Å²) in [7, 11) is 0. The minimum atomic E-state index is -0.379. The molecule has 2 aromatic rings. The van der Waals surface area contributed by atoms with E-state index in [9.17, 15) is 4.39 Å². The molecule has 0 aromatic heterocycles. The van der Waals surface area contributed by atoms with Crippen LogP contribution in [0, 0.1) is 5.82 Å². The molecule has 0 amide bonds. The zero-order valence-electron chi connectivity index (χ0n) is 9.80. The van der Waals surface area contributed by atoms with Crippen LogP contribution < -0.4 is 4.74 Å². The molecule has 2 aromatic carbocycles. The Morgan fingerprint density at radius 1 is 1.05 bits per heavy atom. The van der Waals surface area contributed by atoms with E-state index < -0.39 is 0 Å². The van der Waals surface area contributed by atoms with Gasteiger partial charge in [0.05, 0.1) is 0 Å². The SMILES string of the molecule is Fc1cc(CCl)cc(OCc2ccc(Cl)cc2Cl)c1. The summed E-state index contributed by atoms with van der Waals surface area (Å²) in [5.41, 5.74) is 1.45. The molecule has 0 saturated carbocycles. The van der Waals surface area contributed by atoms with Crippen molar-refractivity contribution >= 4 is 34.8 Å². The Balaban J connectivity index is 2.12. The van der Waals surface area contributed by atoms with Crippen molar-refractivity contribution in [3.05, 3.63) is 63.4 Å². The van der Waals surface area contributed by atoms with Gasteiger partial charge in [-0.15, -0.1) is 11.6 Å². The third-order valence-electron chi connectivity index (χ3n) is 2.49. The van der Waals surface area contributed by atoms with Crippen LogP contribution in [0.4, 0.5) is 4.39 Å². The van der Waals surface area contributed by atoms with Gasteiger partial charge in [0.1, 0.15) is 18.2 Å². The molecule has 2 rings (SSSR count). The highest BCUT2D eigenvalue weighted by Crippen LogP contribution is 2.24. The summed E-state index contributed by atoms with van der Waals surface area (Å²) in [5, 5.41) is 1.07. The fraction of sp³-hybridized carbons (Fsp3) is 0.143. The number of rotatable bonds is 4. The number of halogens is 4. The van der Waals surface area contributed by atoms with Crippen LogP contribution in [0.25, 0.3) is 0 Å². The Hall–Kier alpha value is -0.960. The van der Waals surface area contributed by atoms with Crippen LogP contribution >= 0.6 is 34.8 Å². The largest absolute Gasteiger partial charge is 0.489 e. The van der Waals surface area contributed by atoms with Crippen molar-refractivity contribution in [2.75, 3.05) is 0 Å². The molecule has 0 atom stereocenters. The second-order valence-corrected chi connectivity index (χ2v) is 5.06. The molecule has 0 fully saturated rings. The van der Waals surface area contributed by atoms with Crippen LogP contribution in [0.1, 0.15) is 11.1 Å². The molecule has 0 spiro atoms. The van der Waals surface area contributed by atoms with Crippen molar-refractivity contribution in [1.82, 2.24) is 0 Å². The lowest BCUT2D eigenvalue weighted by Crippen LogP contribution is -1.97. The molecule has 0 heterocycles. The van der Waals surface area contributed by atoms with E-state index in [0.717, 1.165) is 5.56 Å². The second kappa shape index (κ2) is 6.47. The van der Waals surface area contributed by atoms with Gasteiger partial charge in [-0.05, 0) is 29.8 Å². The molecule has 0 radical (unpaired) electrons. The fourth-order valence-corrected chi connectivity index (χ4v) is 2.20. The van der Waals surface area contributed by atoms with E-state index in [1.807, 2.05) is 0 Å². The van der Waals surface area contributed by atoms with Crippen LogP contribution in [0.5, 0.6) is 5.75 Å². The van der Waals surface area contributed by atoms with Crippen LogP contribution in [-0.4, -0.2) is 0 Å². The van der Waals surface area contributed by atoms with Crippen molar-refractivity contribution in [1.29, 1.82) is 0 Å². The maximum absolute atomic E-state index is 13.3. The van der Waals surface area contributed by atoms with Gasteiger partial charge in [0, 0.05) is 27.6 Å². The van der Waals surface area contributed by atoms with Gasteiger partial charge in [-0.3, -0.25) is 0 Å². The normalized spacial score (nSPS) is 10.5. The number of hydrogen-bond donors (Lipinski definition) is 0. The molecule has 0 N–H and O–H groups in total. The topological polar surface area (TPSA) is 9.23 Å². The molecule has 0 bridgehead atoms. The van der Waals surface area contributed by atoms with Crippen LogP contribution in [0.15, 0.2) is 36.4 Å². The third kappa shape index (κ3) is 4.00. The molecule has 100 valence electrons. The quantitative estimate of drug-likeness (QED) is 0.681. The lowest BCUT2D eigenvalue weighted by atomic mass is 10.2. The van der Waals surface area contributed by atoms with E-state index in [-0.39, 0.29) is 18.3 Å². The van der Waals surface area contributed by atoms with Gasteiger partial charge in [0.2, 0.25) is 0 Å². The standard InChI is InChI=1S/C14H10Cl3FO/c15-7-9-3-12(18)6-13(4-9)19-8-10-1-2-11(16)5-14(10)17/h1-6H,7-8H2. The highest BCUT2D eigenvalue weighted by molar-refractivity contribution is 6.35. The van der Waals surface area contributed by atoms with Gasteiger partial charge in [-0.25, -0.2) is 4.39 Å². The van der Waals surface area contributed by atoms with Crippen LogP contribution in [0.2, 0.25) is 10.0 Å². The molecule has 5 heteroatoms. The molecule has 1 nitrogen and oxygen atoms in total. The maximum Gasteiger partial charge on any atom is 0.127 e. The van der Waals surface area contributed by atoms with Crippen molar-refractivity contribution in [2.45, 2.75) is 12.5 Å². The minimum Gasteiger partial charge on any atom is -0.489 e. The first-order valence-electron chi connectivity index (χ1n) is 5.50. The first-order chi connectivity index (χ1) is 9.08. The van der Waals surface area contributed by atoms with Crippen molar-refractivity contribution in [2.24, 2.45) is 0 Å². The lowest BCUT2D eigenvalue weighted by molar-refractivity contribution is 0.304. The highest BCUT2D eigenvalue weighted by Gasteiger charge is 2.05. The summed E-state index contributed by atoms with van der Waals surface area (Å²) in [6.45, 7) is 0.237. The van der Waals surface area contributed by atoms with E-state index in [1.54, 1.807) is 24.3 Å². The van der Waals surface area contributed by atoms with E-state index in [1.165, 1.54) is 12.1 Å². The van der Waals surface area contributed by atoms with Crippen LogP contribution in [0.3, 0.4) is 0 Å². The molecule has 0 aliphatic carbocycles. The summed E-state index contributed by atoms with van der Waals surface area (Å²) in [6.07, 6.45) is 0. The Morgan fingerprint density at radius 2 is 1.84 bits per heavy atom. The number of benzene rings is 2. The summed E-state index contributed by atoms with van der Waals surface area (Å²) >= 11 is 17.5. The van der Waals surface area contributed by atoms with Crippen LogP contribution in [-0.2, 0) is 12.5 Å². The fourth-order valence-electron chi connectivity index (χ4n) is 1.58. The molecule has 0 aliphatic rings. The van der Waals surface area contributed by atoms with Gasteiger partial charge in [-0.2, -0.15) is 0 Å². The first kappa shape index (κ1) is 14.4. The van der Waals surface area contributed by atoms with Crippen molar-refractivity contribution < 1.29 is 9.13 Å². The van der Waals surface area contributed by atoms with E-state index in [2.05, 4.69) is 0 Å². The average molecular weight is 320 g/mol. The molecule has 0 aliphatic heterocycles. The molecule has 0 saturated heterocycles. The second-order valence-electron chi connectivity index (χ2n) is 3.95. The predicted octanol–water partition coefficient (Wildman–Crippen LogP) is 5.45. The van der Waals surface area contributed by atoms with Crippen molar-refractivity contribution in [3.63, 3.8) is 0 Å². The van der Waals surface area contributed by atoms with E-state index in [0.29, 0.717) is 21.4 Å². The summed E-state index contributed by atoms with van der Waals surface area (Å²) in [5.74, 6) is 0.271. The summed E-state index contributed by atoms with van der Waals surface area (Å²) in [4.78, 5) is 0. The Kier molecular flexibility index (Phi) is 4.92. The van der Waals surface area contributed by atoms with Gasteiger partial charge in [0.15, 0.2) is 0 Å². The molecule has 0 unspecified atom stereocenters. The summed E-state index contributed by atoms with van der Waals surface area (Å²) < 4.78 is 18.8. The van der Waals surface area contributed by atoms with Gasteiger partial charge in [0.25, 0.3) is 0 Å². The Bertz CT molecular complexity index is 587. The zero-order valence-corrected chi connectivity index (χ0v) is 12.1. The van der Waals surface area contributed by atoms with Gasteiger partial charge < -0.3 is 4.74 Å². The molecular weight excluding hydrogens is 310 g/mol. The van der Waals surface area contributed by atoms with Gasteiger partial charge in [-0.1, -0.05) is 29.3 Å². The maximum atomic E-state index is 13.3. The predicted molar refractivity (Wildman–Crippen MR) is 76.8 cm³/mol. The smallest absolute Gasteiger partial charge is 0.127 e. The monoisotopic (exact) mass is 318 g/mol. The Morgan fingerprint density at radius 3 is 2.53 bits per heavy atom. The summed E-state index contributed by atoms with van der Waals surface area (Å²) in [6, 6.07) is 9.50. The zero-order chi connectivity index (χ0) is 13.8. The van der Waals surface area contributed by atoms with E-state index >= 15 is 0 Å². The van der Waals surface area contributed by atoms with E-state index in [4.69, 9.17) is 39.5 Å². The average Bonchev–Trinajstić information content (AvgIpc) is 2.37. The van der Waals surface area contributed by atoms with Gasteiger partial charge >= 0.3 is 0 Å². The number of hydrogen-bond acceptors (Lipinski definition) is 1. The Labute approximate surface area is 125 Å². The third-order valence-corrected chi connectivity index (χ3v) is 3.39. The highest BCUT2D eigenvalue weighted by atomic mass is 35.5. The lowest BCUT2D eigenvalue weighted by Gasteiger charge is -2.09.